The highest BCUT2D eigenvalue weighted by molar-refractivity contribution is 5.64. The van der Waals surface area contributed by atoms with Gasteiger partial charge in [0.25, 0.3) is 0 Å². The first-order chi connectivity index (χ1) is 6.79. The number of hydrogen-bond acceptors (Lipinski definition) is 3. The first-order valence-electron chi connectivity index (χ1n) is 4.22. The van der Waals surface area contributed by atoms with Crippen molar-refractivity contribution in [1.29, 1.82) is 0 Å². The van der Waals surface area contributed by atoms with Crippen LogP contribution >= 0.6 is 0 Å². The van der Waals surface area contributed by atoms with E-state index < -0.39 is 6.09 Å². The van der Waals surface area contributed by atoms with Crippen LogP contribution in [0.2, 0.25) is 0 Å². The van der Waals surface area contributed by atoms with E-state index in [1.165, 1.54) is 0 Å². The van der Waals surface area contributed by atoms with Crippen LogP contribution in [-0.2, 0) is 11.3 Å². The van der Waals surface area contributed by atoms with Crippen molar-refractivity contribution in [3.05, 3.63) is 30.1 Å². The van der Waals surface area contributed by atoms with Gasteiger partial charge < -0.3 is 15.2 Å². The van der Waals surface area contributed by atoms with Crippen molar-refractivity contribution in [3.63, 3.8) is 0 Å². The molecule has 0 aromatic carbocycles. The van der Waals surface area contributed by atoms with Crippen molar-refractivity contribution in [1.82, 2.24) is 10.3 Å². The van der Waals surface area contributed by atoms with Gasteiger partial charge in [-0.1, -0.05) is 0 Å². The van der Waals surface area contributed by atoms with Crippen LogP contribution in [0.15, 0.2) is 24.5 Å². The normalized spacial score (nSPS) is 9.71. The number of aromatic nitrogens is 1. The maximum atomic E-state index is 10.1. The topological polar surface area (TPSA) is 71.5 Å². The van der Waals surface area contributed by atoms with Crippen LogP contribution in [0.25, 0.3) is 0 Å². The van der Waals surface area contributed by atoms with Gasteiger partial charge in [-0.25, -0.2) is 4.79 Å². The molecule has 1 rings (SSSR count). The number of rotatable bonds is 5. The van der Waals surface area contributed by atoms with Crippen molar-refractivity contribution in [2.45, 2.75) is 6.61 Å². The van der Waals surface area contributed by atoms with Gasteiger partial charge in [-0.2, -0.15) is 0 Å². The number of ether oxygens (including phenoxy) is 1. The molecule has 0 saturated carbocycles. The summed E-state index contributed by atoms with van der Waals surface area (Å²) >= 11 is 0. The third kappa shape index (κ3) is 4.42. The summed E-state index contributed by atoms with van der Waals surface area (Å²) in [5, 5.41) is 10.5. The lowest BCUT2D eigenvalue weighted by Gasteiger charge is -2.03. The molecular formula is C9H12N2O3. The van der Waals surface area contributed by atoms with Gasteiger partial charge in [0.1, 0.15) is 0 Å². The molecule has 1 aromatic heterocycles. The molecule has 0 aliphatic rings. The molecule has 14 heavy (non-hydrogen) atoms. The second-order valence-corrected chi connectivity index (χ2v) is 2.64. The lowest BCUT2D eigenvalue weighted by atomic mass is 10.3. The van der Waals surface area contributed by atoms with Crippen LogP contribution in [0.5, 0.6) is 0 Å². The summed E-state index contributed by atoms with van der Waals surface area (Å²) in [6, 6.07) is 3.70. The van der Waals surface area contributed by atoms with Crippen LogP contribution in [0.1, 0.15) is 5.56 Å². The largest absolute Gasteiger partial charge is 0.465 e. The van der Waals surface area contributed by atoms with E-state index in [1.54, 1.807) is 12.4 Å². The van der Waals surface area contributed by atoms with Gasteiger partial charge in [0, 0.05) is 18.9 Å². The number of nitrogens with one attached hydrogen (secondary N) is 1. The SMILES string of the molecule is O=C(O)NCCOCc1ccncc1. The molecule has 0 radical (unpaired) electrons. The Balaban J connectivity index is 2.08. The summed E-state index contributed by atoms with van der Waals surface area (Å²) in [7, 11) is 0. The van der Waals surface area contributed by atoms with Crippen LogP contribution < -0.4 is 5.32 Å². The number of carboxylic acid groups (broad SMARTS) is 1. The Kier molecular flexibility index (Phi) is 4.43. The summed E-state index contributed by atoms with van der Waals surface area (Å²) in [6.45, 7) is 1.15. The van der Waals surface area contributed by atoms with E-state index in [4.69, 9.17) is 9.84 Å². The van der Waals surface area contributed by atoms with Crippen molar-refractivity contribution >= 4 is 6.09 Å². The molecule has 0 saturated heterocycles. The van der Waals surface area contributed by atoms with E-state index in [0.29, 0.717) is 19.8 Å². The monoisotopic (exact) mass is 196 g/mol. The number of hydrogen-bond donors (Lipinski definition) is 2. The zero-order chi connectivity index (χ0) is 10.2. The highest BCUT2D eigenvalue weighted by atomic mass is 16.5. The minimum Gasteiger partial charge on any atom is -0.465 e. The van der Waals surface area contributed by atoms with Gasteiger partial charge in [0.15, 0.2) is 0 Å². The first-order valence-corrected chi connectivity index (χ1v) is 4.22. The summed E-state index contributed by atoms with van der Waals surface area (Å²) in [5.74, 6) is 0. The van der Waals surface area contributed by atoms with Gasteiger partial charge in [0.05, 0.1) is 13.2 Å². The molecular weight excluding hydrogens is 184 g/mol. The second kappa shape index (κ2) is 5.93. The Hall–Kier alpha value is -1.62. The lowest BCUT2D eigenvalue weighted by molar-refractivity contribution is 0.120. The highest BCUT2D eigenvalue weighted by Crippen LogP contribution is 1.97. The smallest absolute Gasteiger partial charge is 0.404 e. The first kappa shape index (κ1) is 10.5. The molecule has 0 unspecified atom stereocenters. The summed E-state index contributed by atoms with van der Waals surface area (Å²) in [6.07, 6.45) is 2.35. The third-order valence-electron chi connectivity index (χ3n) is 1.54. The molecule has 0 aliphatic carbocycles. The van der Waals surface area contributed by atoms with Gasteiger partial charge in [-0.3, -0.25) is 4.98 Å². The molecule has 0 aliphatic heterocycles. The van der Waals surface area contributed by atoms with Crippen molar-refractivity contribution < 1.29 is 14.6 Å². The predicted molar refractivity (Wildman–Crippen MR) is 49.9 cm³/mol. The number of nitrogens with zero attached hydrogens (tertiary/aromatic N) is 1. The molecule has 76 valence electrons. The quantitative estimate of drug-likeness (QED) is 0.685. The molecule has 1 heterocycles. The summed E-state index contributed by atoms with van der Waals surface area (Å²) in [4.78, 5) is 13.9. The Morgan fingerprint density at radius 1 is 1.50 bits per heavy atom. The highest BCUT2D eigenvalue weighted by Gasteiger charge is 1.94. The molecule has 5 heteroatoms. The Labute approximate surface area is 81.7 Å². The molecule has 1 amide bonds. The summed E-state index contributed by atoms with van der Waals surface area (Å²) < 4.78 is 5.22. The van der Waals surface area contributed by atoms with E-state index >= 15 is 0 Å². The minimum absolute atomic E-state index is 0.306. The maximum Gasteiger partial charge on any atom is 0.404 e. The standard InChI is InChI=1S/C9H12N2O3/c12-9(13)11-5-6-14-7-8-1-3-10-4-2-8/h1-4,11H,5-7H2,(H,12,13). The number of carbonyl (C=O) groups is 1. The van der Waals surface area contributed by atoms with Crippen LogP contribution in [-0.4, -0.2) is 29.3 Å². The van der Waals surface area contributed by atoms with E-state index in [9.17, 15) is 4.79 Å². The van der Waals surface area contributed by atoms with Crippen LogP contribution in [0, 0.1) is 0 Å². The van der Waals surface area contributed by atoms with Crippen molar-refractivity contribution in [2.75, 3.05) is 13.2 Å². The lowest BCUT2D eigenvalue weighted by Crippen LogP contribution is -2.25. The van der Waals surface area contributed by atoms with E-state index in [1.807, 2.05) is 12.1 Å². The summed E-state index contributed by atoms with van der Waals surface area (Å²) in [5.41, 5.74) is 1.02. The van der Waals surface area contributed by atoms with E-state index in [-0.39, 0.29) is 0 Å². The molecule has 2 N–H and O–H groups in total. The molecule has 0 bridgehead atoms. The third-order valence-corrected chi connectivity index (χ3v) is 1.54. The minimum atomic E-state index is -1.03. The van der Waals surface area contributed by atoms with Crippen molar-refractivity contribution in [3.8, 4) is 0 Å². The van der Waals surface area contributed by atoms with E-state index in [0.717, 1.165) is 5.56 Å². The maximum absolute atomic E-state index is 10.1. The second-order valence-electron chi connectivity index (χ2n) is 2.64. The molecule has 5 nitrogen and oxygen atoms in total. The molecule has 1 aromatic rings. The molecule has 0 atom stereocenters. The fraction of sp³-hybridized carbons (Fsp3) is 0.333. The average Bonchev–Trinajstić information content (AvgIpc) is 2.18. The van der Waals surface area contributed by atoms with E-state index in [2.05, 4.69) is 10.3 Å². The zero-order valence-electron chi connectivity index (χ0n) is 7.64. The predicted octanol–water partition coefficient (Wildman–Crippen LogP) is 0.866. The number of amides is 1. The van der Waals surface area contributed by atoms with Gasteiger partial charge in [0.2, 0.25) is 0 Å². The Bertz CT molecular complexity index is 277. The molecule has 0 fully saturated rings. The van der Waals surface area contributed by atoms with Gasteiger partial charge >= 0.3 is 6.09 Å². The molecule has 0 spiro atoms. The van der Waals surface area contributed by atoms with Gasteiger partial charge in [-0.15, -0.1) is 0 Å². The fourth-order valence-electron chi connectivity index (χ4n) is 0.899. The number of pyridine rings is 1. The zero-order valence-corrected chi connectivity index (χ0v) is 7.64. The van der Waals surface area contributed by atoms with Crippen molar-refractivity contribution in [2.24, 2.45) is 0 Å². The van der Waals surface area contributed by atoms with Crippen LogP contribution in [0.4, 0.5) is 4.79 Å². The Morgan fingerprint density at radius 3 is 2.86 bits per heavy atom. The Morgan fingerprint density at radius 2 is 2.21 bits per heavy atom. The average molecular weight is 196 g/mol. The van der Waals surface area contributed by atoms with Gasteiger partial charge in [-0.05, 0) is 17.7 Å². The fourth-order valence-corrected chi connectivity index (χ4v) is 0.899. The van der Waals surface area contributed by atoms with Crippen LogP contribution in [0.3, 0.4) is 0 Å².